The minimum atomic E-state index is -0.0754. The van der Waals surface area contributed by atoms with E-state index >= 15 is 0 Å². The van der Waals surface area contributed by atoms with Crippen LogP contribution in [0.4, 0.5) is 5.95 Å². The largest absolute Gasteiger partial charge is 0.294 e. The molecular formula is C14H17N5O. The van der Waals surface area contributed by atoms with E-state index in [2.05, 4.69) is 20.5 Å². The topological polar surface area (TPSA) is 72.7 Å². The van der Waals surface area contributed by atoms with Gasteiger partial charge in [-0.1, -0.05) is 0 Å². The lowest BCUT2D eigenvalue weighted by atomic mass is 10.1. The molecule has 2 aromatic rings. The van der Waals surface area contributed by atoms with Crippen molar-refractivity contribution in [2.45, 2.75) is 39.2 Å². The summed E-state index contributed by atoms with van der Waals surface area (Å²) in [5, 5.41) is 11.0. The maximum Gasteiger partial charge on any atom is 0.231 e. The van der Waals surface area contributed by atoms with Gasteiger partial charge in [-0.15, -0.1) is 10.2 Å². The lowest BCUT2D eigenvalue weighted by Gasteiger charge is -2.09. The molecule has 1 amide bonds. The Bertz CT molecular complexity index is 645. The average molecular weight is 271 g/mol. The van der Waals surface area contributed by atoms with Gasteiger partial charge in [0.1, 0.15) is 5.82 Å². The Morgan fingerprint density at radius 2 is 2.20 bits per heavy atom. The van der Waals surface area contributed by atoms with Crippen LogP contribution in [0.15, 0.2) is 18.5 Å². The number of nitrogens with zero attached hydrogens (tertiary/aromatic N) is 4. The van der Waals surface area contributed by atoms with Crippen LogP contribution < -0.4 is 5.32 Å². The number of anilines is 1. The predicted molar refractivity (Wildman–Crippen MR) is 74.3 cm³/mol. The number of rotatable bonds is 4. The number of aromatic nitrogens is 4. The predicted octanol–water partition coefficient (Wildman–Crippen LogP) is 1.81. The Labute approximate surface area is 117 Å². The standard InChI is InChI=1S/C14H17N5O/c1-9-8-15-6-5-11(9)7-13(20)16-14-18-17-10(2)19(14)12-3-4-12/h5-6,8,12H,3-4,7H2,1-2H3,(H,16,18,20). The van der Waals surface area contributed by atoms with E-state index in [1.54, 1.807) is 12.4 Å². The zero-order valence-electron chi connectivity index (χ0n) is 11.6. The van der Waals surface area contributed by atoms with Crippen molar-refractivity contribution < 1.29 is 4.79 Å². The van der Waals surface area contributed by atoms with Gasteiger partial charge in [0, 0.05) is 18.4 Å². The van der Waals surface area contributed by atoms with E-state index in [-0.39, 0.29) is 5.91 Å². The van der Waals surface area contributed by atoms with Crippen molar-refractivity contribution in [2.75, 3.05) is 5.32 Å². The van der Waals surface area contributed by atoms with Crippen molar-refractivity contribution >= 4 is 11.9 Å². The van der Waals surface area contributed by atoms with Crippen LogP contribution in [0.5, 0.6) is 0 Å². The van der Waals surface area contributed by atoms with E-state index in [0.29, 0.717) is 18.4 Å². The lowest BCUT2D eigenvalue weighted by molar-refractivity contribution is -0.115. The fourth-order valence-corrected chi connectivity index (χ4v) is 2.27. The fourth-order valence-electron chi connectivity index (χ4n) is 2.27. The van der Waals surface area contributed by atoms with Gasteiger partial charge in [-0.3, -0.25) is 19.7 Å². The molecule has 1 saturated carbocycles. The molecule has 0 radical (unpaired) electrons. The first-order chi connectivity index (χ1) is 9.65. The second kappa shape index (κ2) is 5.03. The number of hydrogen-bond donors (Lipinski definition) is 1. The van der Waals surface area contributed by atoms with Crippen LogP contribution in [0.3, 0.4) is 0 Å². The SMILES string of the molecule is Cc1cnccc1CC(=O)Nc1nnc(C)n1C1CC1. The van der Waals surface area contributed by atoms with Gasteiger partial charge >= 0.3 is 0 Å². The summed E-state index contributed by atoms with van der Waals surface area (Å²) in [6.45, 7) is 3.86. The van der Waals surface area contributed by atoms with Gasteiger partial charge in [0.25, 0.3) is 0 Å². The Morgan fingerprint density at radius 1 is 1.40 bits per heavy atom. The van der Waals surface area contributed by atoms with Gasteiger partial charge in [0.2, 0.25) is 11.9 Å². The Balaban J connectivity index is 1.72. The molecule has 20 heavy (non-hydrogen) atoms. The molecule has 0 spiro atoms. The van der Waals surface area contributed by atoms with Crippen LogP contribution in [0.2, 0.25) is 0 Å². The molecule has 1 aliphatic carbocycles. The molecule has 6 heteroatoms. The monoisotopic (exact) mass is 271 g/mol. The van der Waals surface area contributed by atoms with Crippen molar-refractivity contribution in [1.82, 2.24) is 19.7 Å². The molecule has 0 atom stereocenters. The Morgan fingerprint density at radius 3 is 2.90 bits per heavy atom. The molecule has 1 fully saturated rings. The highest BCUT2D eigenvalue weighted by molar-refractivity contribution is 5.90. The molecule has 1 aliphatic rings. The normalized spacial score (nSPS) is 14.3. The quantitative estimate of drug-likeness (QED) is 0.920. The molecule has 2 aromatic heterocycles. The minimum Gasteiger partial charge on any atom is -0.294 e. The van der Waals surface area contributed by atoms with Crippen molar-refractivity contribution in [3.05, 3.63) is 35.4 Å². The maximum atomic E-state index is 12.1. The first kappa shape index (κ1) is 12.8. The van der Waals surface area contributed by atoms with Crippen molar-refractivity contribution in [2.24, 2.45) is 0 Å². The lowest BCUT2D eigenvalue weighted by Crippen LogP contribution is -2.18. The number of aryl methyl sites for hydroxylation is 2. The summed E-state index contributed by atoms with van der Waals surface area (Å²) in [5.41, 5.74) is 1.99. The zero-order valence-corrected chi connectivity index (χ0v) is 11.6. The first-order valence-electron chi connectivity index (χ1n) is 6.76. The van der Waals surface area contributed by atoms with Gasteiger partial charge < -0.3 is 0 Å². The summed E-state index contributed by atoms with van der Waals surface area (Å²) < 4.78 is 2.01. The highest BCUT2D eigenvalue weighted by atomic mass is 16.1. The zero-order chi connectivity index (χ0) is 14.1. The summed E-state index contributed by atoms with van der Waals surface area (Å²) in [6, 6.07) is 2.31. The van der Waals surface area contributed by atoms with E-state index < -0.39 is 0 Å². The molecule has 0 bridgehead atoms. The number of carbonyl (C=O) groups excluding carboxylic acids is 1. The molecule has 0 aromatic carbocycles. The van der Waals surface area contributed by atoms with Crippen LogP contribution in [0.1, 0.15) is 35.8 Å². The third-order valence-electron chi connectivity index (χ3n) is 3.52. The smallest absolute Gasteiger partial charge is 0.231 e. The maximum absolute atomic E-state index is 12.1. The molecule has 0 unspecified atom stereocenters. The number of nitrogens with one attached hydrogen (secondary N) is 1. The van der Waals surface area contributed by atoms with E-state index in [4.69, 9.17) is 0 Å². The summed E-state index contributed by atoms with van der Waals surface area (Å²) in [5.74, 6) is 1.33. The molecule has 1 N–H and O–H groups in total. The molecule has 2 heterocycles. The van der Waals surface area contributed by atoms with Gasteiger partial charge in [-0.25, -0.2) is 0 Å². The highest BCUT2D eigenvalue weighted by Gasteiger charge is 2.28. The van der Waals surface area contributed by atoms with E-state index in [1.165, 1.54) is 0 Å². The van der Waals surface area contributed by atoms with Crippen molar-refractivity contribution in [3.8, 4) is 0 Å². The van der Waals surface area contributed by atoms with Crippen LogP contribution in [-0.2, 0) is 11.2 Å². The van der Waals surface area contributed by atoms with Crippen LogP contribution in [0, 0.1) is 13.8 Å². The summed E-state index contributed by atoms with van der Waals surface area (Å²) in [6.07, 6.45) is 6.05. The van der Waals surface area contributed by atoms with Gasteiger partial charge in [-0.2, -0.15) is 0 Å². The molecule has 3 rings (SSSR count). The number of carbonyl (C=O) groups is 1. The molecular weight excluding hydrogens is 254 g/mol. The van der Waals surface area contributed by atoms with Gasteiger partial charge in [0.05, 0.1) is 6.42 Å². The molecule has 0 aliphatic heterocycles. The number of pyridine rings is 1. The fraction of sp³-hybridized carbons (Fsp3) is 0.429. The van der Waals surface area contributed by atoms with Crippen molar-refractivity contribution in [1.29, 1.82) is 0 Å². The van der Waals surface area contributed by atoms with Crippen LogP contribution in [-0.4, -0.2) is 25.7 Å². The second-order valence-electron chi connectivity index (χ2n) is 5.20. The summed E-state index contributed by atoms with van der Waals surface area (Å²) in [4.78, 5) is 16.2. The highest BCUT2D eigenvalue weighted by Crippen LogP contribution is 2.37. The summed E-state index contributed by atoms with van der Waals surface area (Å²) in [7, 11) is 0. The van der Waals surface area contributed by atoms with Crippen LogP contribution in [0.25, 0.3) is 0 Å². The third-order valence-corrected chi connectivity index (χ3v) is 3.52. The molecule has 0 saturated heterocycles. The Kier molecular flexibility index (Phi) is 3.22. The van der Waals surface area contributed by atoms with Crippen molar-refractivity contribution in [3.63, 3.8) is 0 Å². The average Bonchev–Trinajstić information content (AvgIpc) is 3.18. The first-order valence-corrected chi connectivity index (χ1v) is 6.76. The van der Waals surface area contributed by atoms with Gasteiger partial charge in [0.15, 0.2) is 0 Å². The minimum absolute atomic E-state index is 0.0754. The number of hydrogen-bond acceptors (Lipinski definition) is 4. The summed E-state index contributed by atoms with van der Waals surface area (Å²) >= 11 is 0. The van der Waals surface area contributed by atoms with E-state index in [9.17, 15) is 4.79 Å². The Hall–Kier alpha value is -2.24. The molecule has 104 valence electrons. The second-order valence-corrected chi connectivity index (χ2v) is 5.20. The van der Waals surface area contributed by atoms with Crippen LogP contribution >= 0.6 is 0 Å². The number of amides is 1. The third kappa shape index (κ3) is 2.54. The van der Waals surface area contributed by atoms with E-state index in [0.717, 1.165) is 29.8 Å². The molecule has 6 nitrogen and oxygen atoms in total. The van der Waals surface area contributed by atoms with E-state index in [1.807, 2.05) is 24.5 Å². The van der Waals surface area contributed by atoms with Gasteiger partial charge in [-0.05, 0) is 43.9 Å².